The van der Waals surface area contributed by atoms with Crippen LogP contribution in [0, 0.1) is 13.8 Å². The highest BCUT2D eigenvalue weighted by Gasteiger charge is 2.15. The first-order valence-electron chi connectivity index (χ1n) is 7.13. The molecule has 0 aromatic heterocycles. The van der Waals surface area contributed by atoms with Crippen molar-refractivity contribution >= 4 is 17.5 Å². The van der Waals surface area contributed by atoms with E-state index in [0.29, 0.717) is 13.0 Å². The van der Waals surface area contributed by atoms with Crippen LogP contribution >= 0.6 is 0 Å². The molecule has 4 heteroatoms. The third-order valence-corrected chi connectivity index (χ3v) is 3.23. The number of nitrogens with zero attached hydrogens (tertiary/aromatic N) is 1. The van der Waals surface area contributed by atoms with Crippen molar-refractivity contribution in [2.75, 3.05) is 18.4 Å². The highest BCUT2D eigenvalue weighted by molar-refractivity contribution is 5.95. The van der Waals surface area contributed by atoms with Gasteiger partial charge in [0.25, 0.3) is 0 Å². The molecule has 0 fully saturated rings. The quantitative estimate of drug-likeness (QED) is 0.868. The van der Waals surface area contributed by atoms with Crippen LogP contribution in [0.3, 0.4) is 0 Å². The molecule has 110 valence electrons. The first-order chi connectivity index (χ1) is 9.49. The summed E-state index contributed by atoms with van der Waals surface area (Å²) in [6.07, 6.45) is 1.28. The van der Waals surface area contributed by atoms with E-state index in [1.165, 1.54) is 0 Å². The van der Waals surface area contributed by atoms with E-state index in [2.05, 4.69) is 5.32 Å². The Hall–Kier alpha value is -1.84. The van der Waals surface area contributed by atoms with E-state index >= 15 is 0 Å². The molecule has 0 spiro atoms. The zero-order valence-corrected chi connectivity index (χ0v) is 12.8. The largest absolute Gasteiger partial charge is 0.333 e. The van der Waals surface area contributed by atoms with E-state index < -0.39 is 0 Å². The molecule has 0 aliphatic rings. The van der Waals surface area contributed by atoms with Gasteiger partial charge in [0.1, 0.15) is 0 Å². The van der Waals surface area contributed by atoms with Crippen molar-refractivity contribution < 1.29 is 9.59 Å². The first-order valence-corrected chi connectivity index (χ1v) is 7.13. The van der Waals surface area contributed by atoms with Gasteiger partial charge in [-0.25, -0.2) is 0 Å². The first kappa shape index (κ1) is 16.2. The summed E-state index contributed by atoms with van der Waals surface area (Å²) in [6.45, 7) is 8.47. The average Bonchev–Trinajstić information content (AvgIpc) is 2.41. The lowest BCUT2D eigenvalue weighted by atomic mass is 10.1. The van der Waals surface area contributed by atoms with Crippen molar-refractivity contribution in [2.45, 2.75) is 40.5 Å². The summed E-state index contributed by atoms with van der Waals surface area (Å²) in [5.74, 6) is -0.124. The predicted molar refractivity (Wildman–Crippen MR) is 81.7 cm³/mol. The van der Waals surface area contributed by atoms with Crippen LogP contribution < -0.4 is 5.32 Å². The van der Waals surface area contributed by atoms with Crippen LogP contribution in [-0.2, 0) is 9.59 Å². The fourth-order valence-corrected chi connectivity index (χ4v) is 2.15. The summed E-state index contributed by atoms with van der Waals surface area (Å²) >= 11 is 0. The van der Waals surface area contributed by atoms with Crippen molar-refractivity contribution in [2.24, 2.45) is 0 Å². The molecule has 1 N–H and O–H groups in total. The monoisotopic (exact) mass is 276 g/mol. The number of carbonyl (C=O) groups excluding carboxylic acids is 2. The minimum absolute atomic E-state index is 0.0171. The Morgan fingerprint density at radius 3 is 2.25 bits per heavy atom. The van der Waals surface area contributed by atoms with Gasteiger partial charge in [-0.15, -0.1) is 0 Å². The molecule has 2 amide bonds. The molecule has 1 aromatic carbocycles. The fraction of sp³-hybridized carbons (Fsp3) is 0.500. The van der Waals surface area contributed by atoms with E-state index in [1.54, 1.807) is 4.90 Å². The zero-order chi connectivity index (χ0) is 15.1. The molecule has 0 unspecified atom stereocenters. The highest BCUT2D eigenvalue weighted by atomic mass is 16.2. The van der Waals surface area contributed by atoms with Gasteiger partial charge < -0.3 is 10.2 Å². The van der Waals surface area contributed by atoms with Crippen molar-refractivity contribution in [1.82, 2.24) is 4.90 Å². The van der Waals surface area contributed by atoms with Crippen molar-refractivity contribution in [3.8, 4) is 0 Å². The predicted octanol–water partition coefficient (Wildman–Crippen LogP) is 2.89. The van der Waals surface area contributed by atoms with Crippen LogP contribution in [0.5, 0.6) is 0 Å². The van der Waals surface area contributed by atoms with E-state index in [9.17, 15) is 9.59 Å². The van der Waals surface area contributed by atoms with E-state index in [4.69, 9.17) is 0 Å². The number of para-hydroxylation sites is 1. The molecule has 0 atom stereocenters. The summed E-state index contributed by atoms with van der Waals surface area (Å²) < 4.78 is 0. The minimum Gasteiger partial charge on any atom is -0.333 e. The SMILES string of the molecule is CCCN(CC(=O)Nc1c(C)cccc1C)C(=O)CC. The number of amides is 2. The van der Waals surface area contributed by atoms with Gasteiger partial charge in [-0.05, 0) is 31.4 Å². The van der Waals surface area contributed by atoms with Crippen LogP contribution in [0.1, 0.15) is 37.8 Å². The molecule has 0 aliphatic heterocycles. The molecule has 0 aliphatic carbocycles. The number of aryl methyl sites for hydroxylation is 2. The zero-order valence-electron chi connectivity index (χ0n) is 12.8. The van der Waals surface area contributed by atoms with Gasteiger partial charge in [-0.1, -0.05) is 32.0 Å². The maximum absolute atomic E-state index is 12.1. The van der Waals surface area contributed by atoms with E-state index in [0.717, 1.165) is 23.2 Å². The Morgan fingerprint density at radius 1 is 1.15 bits per heavy atom. The highest BCUT2D eigenvalue weighted by Crippen LogP contribution is 2.19. The lowest BCUT2D eigenvalue weighted by molar-refractivity contribution is -0.134. The molecule has 4 nitrogen and oxygen atoms in total. The second kappa shape index (κ2) is 7.68. The Kier molecular flexibility index (Phi) is 6.22. The smallest absolute Gasteiger partial charge is 0.244 e. The summed E-state index contributed by atoms with van der Waals surface area (Å²) in [4.78, 5) is 25.5. The van der Waals surface area contributed by atoms with Crippen molar-refractivity contribution in [1.29, 1.82) is 0 Å². The molecule has 0 bridgehead atoms. The second-order valence-corrected chi connectivity index (χ2v) is 4.98. The van der Waals surface area contributed by atoms with Gasteiger partial charge in [0.15, 0.2) is 0 Å². The molecule has 0 heterocycles. The van der Waals surface area contributed by atoms with Crippen LogP contribution in [0.2, 0.25) is 0 Å². The third-order valence-electron chi connectivity index (χ3n) is 3.23. The van der Waals surface area contributed by atoms with Crippen LogP contribution in [0.25, 0.3) is 0 Å². The second-order valence-electron chi connectivity index (χ2n) is 4.98. The Bertz CT molecular complexity index is 463. The number of anilines is 1. The van der Waals surface area contributed by atoms with Crippen LogP contribution in [-0.4, -0.2) is 29.8 Å². The number of nitrogens with one attached hydrogen (secondary N) is 1. The van der Waals surface area contributed by atoms with Crippen molar-refractivity contribution in [3.05, 3.63) is 29.3 Å². The molecule has 0 saturated carbocycles. The third kappa shape index (κ3) is 4.37. The number of carbonyl (C=O) groups is 2. The maximum Gasteiger partial charge on any atom is 0.244 e. The molecular weight excluding hydrogens is 252 g/mol. The molecule has 0 saturated heterocycles. The molecule has 1 rings (SSSR count). The summed E-state index contributed by atoms with van der Waals surface area (Å²) in [7, 11) is 0. The van der Waals surface area contributed by atoms with Gasteiger partial charge >= 0.3 is 0 Å². The molecule has 1 aromatic rings. The van der Waals surface area contributed by atoms with Crippen LogP contribution in [0.4, 0.5) is 5.69 Å². The minimum atomic E-state index is -0.141. The standard InChI is InChI=1S/C16H24N2O2/c1-5-10-18(15(20)6-2)11-14(19)17-16-12(3)8-7-9-13(16)4/h7-9H,5-6,10-11H2,1-4H3,(H,17,19). The molecule has 20 heavy (non-hydrogen) atoms. The summed E-state index contributed by atoms with van der Waals surface area (Å²) in [6, 6.07) is 5.89. The van der Waals surface area contributed by atoms with Crippen LogP contribution in [0.15, 0.2) is 18.2 Å². The van der Waals surface area contributed by atoms with E-state index in [-0.39, 0.29) is 18.4 Å². The summed E-state index contributed by atoms with van der Waals surface area (Å²) in [5.41, 5.74) is 2.90. The topological polar surface area (TPSA) is 49.4 Å². The van der Waals surface area contributed by atoms with Gasteiger partial charge in [0.2, 0.25) is 11.8 Å². The normalized spacial score (nSPS) is 10.2. The number of hydrogen-bond acceptors (Lipinski definition) is 2. The molecule has 0 radical (unpaired) electrons. The summed E-state index contributed by atoms with van der Waals surface area (Å²) in [5, 5.41) is 2.91. The Labute approximate surface area is 121 Å². The van der Waals surface area contributed by atoms with E-state index in [1.807, 2.05) is 45.9 Å². The maximum atomic E-state index is 12.1. The fourth-order valence-electron chi connectivity index (χ4n) is 2.15. The number of rotatable bonds is 6. The Balaban J connectivity index is 2.73. The van der Waals surface area contributed by atoms with Crippen molar-refractivity contribution in [3.63, 3.8) is 0 Å². The number of hydrogen-bond donors (Lipinski definition) is 1. The lowest BCUT2D eigenvalue weighted by Gasteiger charge is -2.21. The number of benzene rings is 1. The lowest BCUT2D eigenvalue weighted by Crippen LogP contribution is -2.38. The van der Waals surface area contributed by atoms with Gasteiger partial charge in [0.05, 0.1) is 6.54 Å². The molecular formula is C16H24N2O2. The average molecular weight is 276 g/mol. The Morgan fingerprint density at radius 2 is 1.75 bits per heavy atom. The van der Waals surface area contributed by atoms with Gasteiger partial charge in [-0.2, -0.15) is 0 Å². The van der Waals surface area contributed by atoms with Gasteiger partial charge in [-0.3, -0.25) is 9.59 Å². The van der Waals surface area contributed by atoms with Gasteiger partial charge in [0, 0.05) is 18.7 Å².